The maximum atomic E-state index is 11.4. The number of hydrogen-bond acceptors (Lipinski definition) is 4. The number of aromatic amines is 1. The van der Waals surface area contributed by atoms with Gasteiger partial charge >= 0.3 is 0 Å². The van der Waals surface area contributed by atoms with Crippen molar-refractivity contribution in [3.8, 4) is 0 Å². The lowest BCUT2D eigenvalue weighted by atomic mass is 10.4. The Bertz CT molecular complexity index is 399. The summed E-state index contributed by atoms with van der Waals surface area (Å²) in [5.74, 6) is 0.685. The molecule has 5 nitrogen and oxygen atoms in total. The van der Waals surface area contributed by atoms with Crippen molar-refractivity contribution in [3.05, 3.63) is 20.3 Å². The van der Waals surface area contributed by atoms with Crippen LogP contribution in [0.4, 0.5) is 5.82 Å². The Balaban J connectivity index is 2.76. The predicted octanol–water partition coefficient (Wildman–Crippen LogP) is 1.22. The molecule has 0 aliphatic rings. The van der Waals surface area contributed by atoms with E-state index in [-0.39, 0.29) is 10.4 Å². The monoisotopic (exact) mass is 401 g/mol. The molecule has 1 aromatic heterocycles. The summed E-state index contributed by atoms with van der Waals surface area (Å²) in [5, 5.41) is 0. The first-order valence-electron chi connectivity index (χ1n) is 4.63. The first-order chi connectivity index (χ1) is 7.56. The normalized spacial score (nSPS) is 12.5. The predicted molar refractivity (Wildman–Crippen MR) is 75.4 cm³/mol. The van der Waals surface area contributed by atoms with Gasteiger partial charge in [-0.3, -0.25) is 4.79 Å². The van der Waals surface area contributed by atoms with Crippen LogP contribution < -0.4 is 10.5 Å². The van der Waals surface area contributed by atoms with Gasteiger partial charge in [0.15, 0.2) is 0 Å². The number of anilines is 1. The summed E-state index contributed by atoms with van der Waals surface area (Å²) >= 11 is 5.49. The van der Waals surface area contributed by atoms with Gasteiger partial charge in [0.25, 0.3) is 5.56 Å². The van der Waals surface area contributed by atoms with Crippen molar-refractivity contribution in [2.24, 2.45) is 0 Å². The van der Waals surface area contributed by atoms with Crippen LogP contribution in [0.2, 0.25) is 0 Å². The minimum Gasteiger partial charge on any atom is -0.383 e. The molecule has 0 saturated carbocycles. The summed E-state index contributed by atoms with van der Waals surface area (Å²) in [7, 11) is 3.55. The summed E-state index contributed by atoms with van der Waals surface area (Å²) in [4.78, 5) is 20.2. The van der Waals surface area contributed by atoms with Gasteiger partial charge < -0.3 is 14.6 Å². The number of nitrogens with one attached hydrogen (secondary N) is 1. The van der Waals surface area contributed by atoms with E-state index in [0.29, 0.717) is 16.0 Å². The summed E-state index contributed by atoms with van der Waals surface area (Å²) in [5.41, 5.74) is -0.115. The van der Waals surface area contributed by atoms with E-state index in [1.165, 1.54) is 6.33 Å². The fourth-order valence-electron chi connectivity index (χ4n) is 1.26. The highest BCUT2D eigenvalue weighted by atomic mass is 127. The van der Waals surface area contributed by atoms with Gasteiger partial charge in [-0.2, -0.15) is 0 Å². The molecule has 0 aliphatic heterocycles. The third kappa shape index (κ3) is 3.70. The first kappa shape index (κ1) is 13.9. The molecule has 0 bridgehead atoms. The molecule has 1 heterocycles. The second kappa shape index (κ2) is 6.55. The van der Waals surface area contributed by atoms with Crippen molar-refractivity contribution in [1.29, 1.82) is 0 Å². The van der Waals surface area contributed by atoms with Crippen molar-refractivity contribution in [2.45, 2.75) is 4.83 Å². The van der Waals surface area contributed by atoms with Gasteiger partial charge in [-0.15, -0.1) is 0 Å². The van der Waals surface area contributed by atoms with Crippen molar-refractivity contribution in [1.82, 2.24) is 9.97 Å². The molecule has 0 radical (unpaired) electrons. The Morgan fingerprint density at radius 2 is 2.44 bits per heavy atom. The molecule has 0 fully saturated rings. The number of hydrogen-bond donors (Lipinski definition) is 1. The topological polar surface area (TPSA) is 58.2 Å². The van der Waals surface area contributed by atoms with E-state index >= 15 is 0 Å². The summed E-state index contributed by atoms with van der Waals surface area (Å²) < 4.78 is 5.63. The lowest BCUT2D eigenvalue weighted by molar-refractivity contribution is 0.201. The average molecular weight is 402 g/mol. The summed E-state index contributed by atoms with van der Waals surface area (Å²) in [6.07, 6.45) is 1.41. The Morgan fingerprint density at radius 3 is 3.06 bits per heavy atom. The average Bonchev–Trinajstić information content (AvgIpc) is 2.22. The number of alkyl halides is 1. The van der Waals surface area contributed by atoms with Gasteiger partial charge in [-0.05, 0) is 22.6 Å². The Morgan fingerprint density at radius 1 is 1.75 bits per heavy atom. The van der Waals surface area contributed by atoms with Gasteiger partial charge in [0.1, 0.15) is 9.39 Å². The lowest BCUT2D eigenvalue weighted by Gasteiger charge is -2.21. The van der Waals surface area contributed by atoms with Crippen LogP contribution in [0.1, 0.15) is 0 Å². The van der Waals surface area contributed by atoms with Crippen LogP contribution in [0.25, 0.3) is 0 Å². The number of aromatic nitrogens is 2. The number of rotatable bonds is 5. The molecule has 1 aromatic rings. The van der Waals surface area contributed by atoms with E-state index in [9.17, 15) is 4.79 Å². The fraction of sp³-hybridized carbons (Fsp3) is 0.556. The second-order valence-corrected chi connectivity index (χ2v) is 5.68. The molecule has 90 valence electrons. The van der Waals surface area contributed by atoms with Gasteiger partial charge in [-0.1, -0.05) is 15.9 Å². The number of H-pyrrole nitrogens is 1. The zero-order valence-electron chi connectivity index (χ0n) is 9.04. The highest BCUT2D eigenvalue weighted by Gasteiger charge is 2.13. The highest BCUT2D eigenvalue weighted by molar-refractivity contribution is 14.1. The third-order valence-corrected chi connectivity index (χ3v) is 3.49. The van der Waals surface area contributed by atoms with Crippen LogP contribution in [0.5, 0.6) is 0 Å². The summed E-state index contributed by atoms with van der Waals surface area (Å²) in [6.45, 7) is 1.34. The SMILES string of the molecule is COCC(Br)CN(C)c1nc[nH]c(=O)c1I. The van der Waals surface area contributed by atoms with Crippen molar-refractivity contribution < 1.29 is 4.74 Å². The Kier molecular flexibility index (Phi) is 5.70. The van der Waals surface area contributed by atoms with E-state index in [4.69, 9.17) is 4.74 Å². The molecule has 1 N–H and O–H groups in total. The van der Waals surface area contributed by atoms with Gasteiger partial charge in [0, 0.05) is 20.7 Å². The minimum absolute atomic E-state index is 0.115. The maximum Gasteiger partial charge on any atom is 0.266 e. The smallest absolute Gasteiger partial charge is 0.266 e. The third-order valence-electron chi connectivity index (χ3n) is 1.96. The fourth-order valence-corrected chi connectivity index (χ4v) is 2.66. The van der Waals surface area contributed by atoms with Crippen LogP contribution >= 0.6 is 38.5 Å². The van der Waals surface area contributed by atoms with Gasteiger partial charge in [0.05, 0.1) is 17.8 Å². The zero-order valence-corrected chi connectivity index (χ0v) is 12.8. The standard InChI is InChI=1S/C9H13BrIN3O2/c1-14(3-6(10)4-16-2)8-7(11)9(15)13-5-12-8/h5-6H,3-4H2,1-2H3,(H,12,13,15). The molecule has 1 rings (SSSR count). The highest BCUT2D eigenvalue weighted by Crippen LogP contribution is 2.15. The lowest BCUT2D eigenvalue weighted by Crippen LogP contribution is -2.31. The van der Waals surface area contributed by atoms with Gasteiger partial charge in [-0.25, -0.2) is 4.98 Å². The molecule has 0 amide bonds. The maximum absolute atomic E-state index is 11.4. The van der Waals surface area contributed by atoms with Crippen LogP contribution in [-0.4, -0.2) is 42.1 Å². The number of ether oxygens (including phenoxy) is 1. The van der Waals surface area contributed by atoms with Crippen molar-refractivity contribution in [3.63, 3.8) is 0 Å². The molecule has 0 spiro atoms. The summed E-state index contributed by atoms with van der Waals surface area (Å²) in [6, 6.07) is 0. The molecule has 16 heavy (non-hydrogen) atoms. The van der Waals surface area contributed by atoms with Gasteiger partial charge in [0.2, 0.25) is 0 Å². The van der Waals surface area contributed by atoms with E-state index in [1.54, 1.807) is 7.11 Å². The minimum atomic E-state index is -0.115. The van der Waals surface area contributed by atoms with E-state index in [1.807, 2.05) is 34.5 Å². The zero-order chi connectivity index (χ0) is 12.1. The Hall–Kier alpha value is -0.150. The van der Waals surface area contributed by atoms with E-state index in [0.717, 1.165) is 6.54 Å². The molecule has 7 heteroatoms. The quantitative estimate of drug-likeness (QED) is 0.595. The van der Waals surface area contributed by atoms with E-state index in [2.05, 4.69) is 25.9 Å². The number of methoxy groups -OCH3 is 1. The number of halogens is 2. The first-order valence-corrected chi connectivity index (χ1v) is 6.63. The van der Waals surface area contributed by atoms with Crippen LogP contribution in [0.15, 0.2) is 11.1 Å². The largest absolute Gasteiger partial charge is 0.383 e. The molecule has 0 saturated heterocycles. The van der Waals surface area contributed by atoms with Crippen LogP contribution in [0, 0.1) is 3.57 Å². The molecule has 0 aliphatic carbocycles. The molecular weight excluding hydrogens is 389 g/mol. The second-order valence-electron chi connectivity index (χ2n) is 3.30. The van der Waals surface area contributed by atoms with Crippen LogP contribution in [-0.2, 0) is 4.74 Å². The van der Waals surface area contributed by atoms with Crippen molar-refractivity contribution in [2.75, 3.05) is 32.2 Å². The van der Waals surface area contributed by atoms with Crippen molar-refractivity contribution >= 4 is 44.3 Å². The Labute approximate surface area is 116 Å². The number of nitrogens with zero attached hydrogens (tertiary/aromatic N) is 2. The molecular formula is C9H13BrIN3O2. The van der Waals surface area contributed by atoms with Crippen LogP contribution in [0.3, 0.4) is 0 Å². The molecule has 1 unspecified atom stereocenters. The molecule has 1 atom stereocenters. The molecule has 0 aromatic carbocycles. The van der Waals surface area contributed by atoms with E-state index < -0.39 is 0 Å².